The van der Waals surface area contributed by atoms with Crippen LogP contribution in [0.4, 0.5) is 0 Å². The highest BCUT2D eigenvalue weighted by molar-refractivity contribution is 6.21. The molecule has 268 valence electrons. The first-order valence-corrected chi connectivity index (χ1v) is 20.0. The van der Waals surface area contributed by atoms with E-state index in [0.717, 1.165) is 0 Å². The van der Waals surface area contributed by atoms with Crippen LogP contribution in [-0.2, 0) is 5.41 Å². The number of rotatable bonds is 5. The molecule has 0 spiro atoms. The van der Waals surface area contributed by atoms with Crippen LogP contribution in [0, 0.1) is 0 Å². The summed E-state index contributed by atoms with van der Waals surface area (Å²) in [4.78, 5) is 0. The summed E-state index contributed by atoms with van der Waals surface area (Å²) in [5, 5.41) is 7.60. The first kappa shape index (κ1) is 33.3. The monoisotopic (exact) mass is 724 g/mol. The molecule has 10 aromatic carbocycles. The van der Waals surface area contributed by atoms with Crippen molar-refractivity contribution in [2.45, 2.75) is 19.3 Å². The molecule has 57 heavy (non-hydrogen) atoms. The van der Waals surface area contributed by atoms with E-state index in [0.29, 0.717) is 0 Å². The summed E-state index contributed by atoms with van der Waals surface area (Å²) in [5.74, 6) is 0. The molecule has 0 aliphatic heterocycles. The van der Waals surface area contributed by atoms with Gasteiger partial charge in [0.05, 0.1) is 0 Å². The number of hydrogen-bond donors (Lipinski definition) is 0. The Labute approximate surface area is 334 Å². The second kappa shape index (κ2) is 13.0. The smallest absolute Gasteiger partial charge is 0.0159 e. The summed E-state index contributed by atoms with van der Waals surface area (Å²) < 4.78 is 0. The molecule has 0 bridgehead atoms. The zero-order chi connectivity index (χ0) is 38.1. The van der Waals surface area contributed by atoms with Crippen molar-refractivity contribution < 1.29 is 0 Å². The van der Waals surface area contributed by atoms with Gasteiger partial charge in [-0.2, -0.15) is 0 Å². The minimum Gasteiger partial charge on any atom is -0.0622 e. The lowest BCUT2D eigenvalue weighted by atomic mass is 9.80. The van der Waals surface area contributed by atoms with Crippen molar-refractivity contribution in [2.75, 3.05) is 0 Å². The predicted molar refractivity (Wildman–Crippen MR) is 244 cm³/mol. The minimum absolute atomic E-state index is 0.113. The Morgan fingerprint density at radius 3 is 1.32 bits per heavy atom. The van der Waals surface area contributed by atoms with Gasteiger partial charge >= 0.3 is 0 Å². The molecule has 0 nitrogen and oxygen atoms in total. The van der Waals surface area contributed by atoms with Crippen LogP contribution in [0.25, 0.3) is 99.1 Å². The van der Waals surface area contributed by atoms with Gasteiger partial charge < -0.3 is 0 Å². The van der Waals surface area contributed by atoms with Crippen LogP contribution in [0.2, 0.25) is 0 Å². The third-order valence-electron chi connectivity index (χ3n) is 12.5. The Morgan fingerprint density at radius 2 is 0.684 bits per heavy atom. The standard InChI is InChI=1S/C57H40/c1-57(2)53-35-42(37-14-4-3-5-15-37)30-32-47(53)48-33-31-43(36-54(48)57)41-18-12-19-44(34-41)56-51-23-10-8-21-49(51)55(50-22-9-11-24-52(50)56)40-28-26-39(27-29-40)46-25-13-17-38-16-6-7-20-45(38)46/h3-36H,1-2H3. The van der Waals surface area contributed by atoms with Crippen LogP contribution in [0.1, 0.15) is 25.0 Å². The molecule has 10 aromatic rings. The molecule has 0 aromatic heterocycles. The molecule has 0 radical (unpaired) electrons. The molecule has 0 saturated heterocycles. The number of hydrogen-bond acceptors (Lipinski definition) is 0. The van der Waals surface area contributed by atoms with E-state index in [4.69, 9.17) is 0 Å². The largest absolute Gasteiger partial charge is 0.0622 e. The van der Waals surface area contributed by atoms with Gasteiger partial charge in [-0.25, -0.2) is 0 Å². The van der Waals surface area contributed by atoms with Crippen LogP contribution in [-0.4, -0.2) is 0 Å². The quantitative estimate of drug-likeness (QED) is 0.155. The maximum atomic E-state index is 2.44. The Morgan fingerprint density at radius 1 is 0.263 bits per heavy atom. The molecule has 0 atom stereocenters. The van der Waals surface area contributed by atoms with Gasteiger partial charge in [0.2, 0.25) is 0 Å². The van der Waals surface area contributed by atoms with Gasteiger partial charge in [-0.1, -0.05) is 202 Å². The lowest BCUT2D eigenvalue weighted by Crippen LogP contribution is -2.15. The zero-order valence-electron chi connectivity index (χ0n) is 32.1. The summed E-state index contributed by atoms with van der Waals surface area (Å²) in [7, 11) is 0. The highest BCUT2D eigenvalue weighted by Crippen LogP contribution is 2.51. The van der Waals surface area contributed by atoms with E-state index in [2.05, 4.69) is 220 Å². The van der Waals surface area contributed by atoms with Crippen LogP contribution in [0.3, 0.4) is 0 Å². The third kappa shape index (κ3) is 5.36. The van der Waals surface area contributed by atoms with Crippen LogP contribution >= 0.6 is 0 Å². The highest BCUT2D eigenvalue weighted by Gasteiger charge is 2.36. The van der Waals surface area contributed by atoms with Gasteiger partial charge in [-0.05, 0) is 128 Å². The average molecular weight is 725 g/mol. The summed E-state index contributed by atoms with van der Waals surface area (Å²) in [6.45, 7) is 4.76. The SMILES string of the molecule is CC1(C)c2cc(-c3ccccc3)ccc2-c2ccc(-c3cccc(-c4c5ccccc5c(-c5ccc(-c6cccc7ccccc67)cc5)c5ccccc45)c3)cc21. The van der Waals surface area contributed by atoms with E-state index in [1.165, 1.54) is 110 Å². The Kier molecular flexibility index (Phi) is 7.63. The molecule has 0 unspecified atom stereocenters. The van der Waals surface area contributed by atoms with Crippen molar-refractivity contribution in [3.8, 4) is 66.8 Å². The molecule has 11 rings (SSSR count). The van der Waals surface area contributed by atoms with Gasteiger partial charge in [0, 0.05) is 5.41 Å². The summed E-state index contributed by atoms with van der Waals surface area (Å²) in [6, 6.07) is 76.4. The number of benzene rings is 10. The second-order valence-electron chi connectivity index (χ2n) is 16.0. The molecular weight excluding hydrogens is 685 g/mol. The van der Waals surface area contributed by atoms with E-state index in [1.54, 1.807) is 0 Å². The first-order chi connectivity index (χ1) is 28.0. The van der Waals surface area contributed by atoms with Crippen molar-refractivity contribution >= 4 is 32.3 Å². The fourth-order valence-electron chi connectivity index (χ4n) is 9.63. The minimum atomic E-state index is -0.113. The van der Waals surface area contributed by atoms with E-state index < -0.39 is 0 Å². The molecule has 0 heterocycles. The Bertz CT molecular complexity index is 3120. The van der Waals surface area contributed by atoms with Gasteiger partial charge in [-0.3, -0.25) is 0 Å². The van der Waals surface area contributed by atoms with Crippen molar-refractivity contribution in [1.29, 1.82) is 0 Å². The Hall–Kier alpha value is -7.02. The third-order valence-corrected chi connectivity index (χ3v) is 12.5. The van der Waals surface area contributed by atoms with Gasteiger partial charge in [0.1, 0.15) is 0 Å². The van der Waals surface area contributed by atoms with Crippen molar-refractivity contribution in [3.05, 3.63) is 217 Å². The van der Waals surface area contributed by atoms with E-state index in [1.807, 2.05) is 0 Å². The van der Waals surface area contributed by atoms with Gasteiger partial charge in [0.25, 0.3) is 0 Å². The Balaban J connectivity index is 1.01. The molecule has 0 fully saturated rings. The van der Waals surface area contributed by atoms with E-state index in [9.17, 15) is 0 Å². The van der Waals surface area contributed by atoms with Crippen LogP contribution in [0.5, 0.6) is 0 Å². The molecule has 0 amide bonds. The fraction of sp³-hybridized carbons (Fsp3) is 0.0526. The molecule has 0 heteroatoms. The second-order valence-corrected chi connectivity index (χ2v) is 16.0. The van der Waals surface area contributed by atoms with Crippen LogP contribution in [0.15, 0.2) is 206 Å². The topological polar surface area (TPSA) is 0 Å². The van der Waals surface area contributed by atoms with E-state index in [-0.39, 0.29) is 5.41 Å². The van der Waals surface area contributed by atoms with Crippen LogP contribution < -0.4 is 0 Å². The summed E-state index contributed by atoms with van der Waals surface area (Å²) >= 11 is 0. The maximum Gasteiger partial charge on any atom is 0.0159 e. The van der Waals surface area contributed by atoms with Gasteiger partial charge in [-0.15, -0.1) is 0 Å². The molecule has 0 saturated carbocycles. The van der Waals surface area contributed by atoms with Crippen molar-refractivity contribution in [3.63, 3.8) is 0 Å². The van der Waals surface area contributed by atoms with Crippen molar-refractivity contribution in [1.82, 2.24) is 0 Å². The number of fused-ring (bicyclic) bond motifs is 6. The fourth-order valence-corrected chi connectivity index (χ4v) is 9.63. The maximum absolute atomic E-state index is 2.44. The lowest BCUT2D eigenvalue weighted by Gasteiger charge is -2.23. The molecule has 1 aliphatic rings. The lowest BCUT2D eigenvalue weighted by molar-refractivity contribution is 0.661. The molecule has 1 aliphatic carbocycles. The molecule has 0 N–H and O–H groups in total. The highest BCUT2D eigenvalue weighted by atomic mass is 14.4. The van der Waals surface area contributed by atoms with Gasteiger partial charge in [0.15, 0.2) is 0 Å². The average Bonchev–Trinajstić information content (AvgIpc) is 3.50. The summed E-state index contributed by atoms with van der Waals surface area (Å²) in [6.07, 6.45) is 0. The summed E-state index contributed by atoms with van der Waals surface area (Å²) in [5.41, 5.74) is 17.9. The normalized spacial score (nSPS) is 12.9. The van der Waals surface area contributed by atoms with Crippen molar-refractivity contribution in [2.24, 2.45) is 0 Å². The zero-order valence-corrected chi connectivity index (χ0v) is 32.1. The first-order valence-electron chi connectivity index (χ1n) is 20.0. The predicted octanol–water partition coefficient (Wildman–Crippen LogP) is 15.8. The molecular formula is C57H40. The van der Waals surface area contributed by atoms with E-state index >= 15 is 0 Å².